The van der Waals surface area contributed by atoms with Crippen molar-refractivity contribution in [3.8, 4) is 0 Å². The van der Waals surface area contributed by atoms with Crippen LogP contribution in [0.25, 0.3) is 0 Å². The molecular weight excluding hydrogens is 362 g/mol. The number of anilines is 2. The number of aryl methyl sites for hydroxylation is 1. The highest BCUT2D eigenvalue weighted by Crippen LogP contribution is 2.35. The summed E-state index contributed by atoms with van der Waals surface area (Å²) in [6.45, 7) is 2.72. The Balaban J connectivity index is 1.68. The number of nitrogens with one attached hydrogen (secondary N) is 1. The first-order valence-electron chi connectivity index (χ1n) is 9.07. The summed E-state index contributed by atoms with van der Waals surface area (Å²) in [6, 6.07) is 12.3. The summed E-state index contributed by atoms with van der Waals surface area (Å²) in [5, 5.41) is 2.80. The maximum Gasteiger partial charge on any atom is 0.286 e. The maximum absolute atomic E-state index is 12.7. The van der Waals surface area contributed by atoms with Gasteiger partial charge in [-0.3, -0.25) is 4.79 Å². The van der Waals surface area contributed by atoms with Gasteiger partial charge in [0.2, 0.25) is 0 Å². The van der Waals surface area contributed by atoms with E-state index < -0.39 is 10.0 Å². The number of benzene rings is 2. The summed E-state index contributed by atoms with van der Waals surface area (Å²) in [5.74, 6) is 0.263. The molecule has 0 aromatic heterocycles. The molecule has 7 heteroatoms. The summed E-state index contributed by atoms with van der Waals surface area (Å²) in [5.41, 5.74) is 2.68. The summed E-state index contributed by atoms with van der Waals surface area (Å²) in [6.07, 6.45) is 3.65. The van der Waals surface area contributed by atoms with Gasteiger partial charge in [-0.1, -0.05) is 24.1 Å². The van der Waals surface area contributed by atoms with Gasteiger partial charge in [-0.2, -0.15) is 8.42 Å². The van der Waals surface area contributed by atoms with Crippen LogP contribution in [0.15, 0.2) is 51.8 Å². The molecule has 0 aliphatic carbocycles. The molecule has 4 rings (SSSR count). The van der Waals surface area contributed by atoms with Crippen LogP contribution in [0.3, 0.4) is 0 Å². The van der Waals surface area contributed by atoms with Gasteiger partial charge in [0.15, 0.2) is 0 Å². The summed E-state index contributed by atoms with van der Waals surface area (Å²) < 4.78 is 29.3. The van der Waals surface area contributed by atoms with Crippen molar-refractivity contribution in [1.29, 1.82) is 0 Å². The first kappa shape index (κ1) is 17.7. The number of sulfonamides is 1. The minimum Gasteiger partial charge on any atom is -0.328 e. The lowest BCUT2D eigenvalue weighted by atomic mass is 10.1. The molecular formula is C20H21N3O3S. The molecule has 2 heterocycles. The van der Waals surface area contributed by atoms with Gasteiger partial charge in [0.1, 0.15) is 10.7 Å². The molecule has 1 saturated heterocycles. The number of fused-ring (bicyclic) bond motifs is 3. The van der Waals surface area contributed by atoms with E-state index in [0.29, 0.717) is 29.2 Å². The van der Waals surface area contributed by atoms with E-state index in [-0.39, 0.29) is 10.8 Å². The first-order valence-corrected chi connectivity index (χ1v) is 10.5. The molecule has 0 spiro atoms. The fraction of sp³-hybridized carbons (Fsp3) is 0.300. The molecule has 0 unspecified atom stereocenters. The van der Waals surface area contributed by atoms with Gasteiger partial charge in [0, 0.05) is 24.2 Å². The lowest BCUT2D eigenvalue weighted by molar-refractivity contribution is 0.102. The monoisotopic (exact) mass is 383 g/mol. The standard InChI is InChI=1S/C20H21N3O3S/c1-14-6-9-16(10-7-14)21-20(24)15-8-11-17-18(13-15)27(25,26)22-19-5-3-2-4-12-23(17)19/h6-11,13H,2-5,12H2,1H3,(H,21,24). The average molecular weight is 383 g/mol. The number of amidine groups is 1. The maximum atomic E-state index is 12.7. The quantitative estimate of drug-likeness (QED) is 0.857. The number of carbonyl (C=O) groups is 1. The van der Waals surface area contributed by atoms with E-state index in [1.807, 2.05) is 36.1 Å². The van der Waals surface area contributed by atoms with Crippen LogP contribution in [-0.4, -0.2) is 26.7 Å². The van der Waals surface area contributed by atoms with Crippen molar-refractivity contribution in [1.82, 2.24) is 0 Å². The molecule has 2 aliphatic rings. The molecule has 2 aliphatic heterocycles. The van der Waals surface area contributed by atoms with Crippen molar-refractivity contribution in [2.75, 3.05) is 16.8 Å². The highest BCUT2D eigenvalue weighted by atomic mass is 32.2. The minimum atomic E-state index is -3.80. The third kappa shape index (κ3) is 3.47. The SMILES string of the molecule is Cc1ccc(NC(=O)c2ccc3c(c2)S(=O)(=O)N=C2CCCCCN23)cc1. The molecule has 27 heavy (non-hydrogen) atoms. The van der Waals surface area contributed by atoms with E-state index in [1.54, 1.807) is 12.1 Å². The molecule has 1 fully saturated rings. The Labute approximate surface area is 159 Å². The molecule has 1 amide bonds. The Kier molecular flexibility index (Phi) is 4.47. The second kappa shape index (κ2) is 6.81. The van der Waals surface area contributed by atoms with E-state index in [4.69, 9.17) is 0 Å². The van der Waals surface area contributed by atoms with E-state index in [1.165, 1.54) is 6.07 Å². The zero-order chi connectivity index (χ0) is 19.0. The Morgan fingerprint density at radius 2 is 1.85 bits per heavy atom. The molecule has 0 saturated carbocycles. The number of hydrogen-bond donors (Lipinski definition) is 1. The van der Waals surface area contributed by atoms with Gasteiger partial charge >= 0.3 is 0 Å². The highest BCUT2D eigenvalue weighted by molar-refractivity contribution is 7.90. The van der Waals surface area contributed by atoms with E-state index in [9.17, 15) is 13.2 Å². The Morgan fingerprint density at radius 3 is 2.63 bits per heavy atom. The average Bonchev–Trinajstić information content (AvgIpc) is 2.88. The number of nitrogens with zero attached hydrogens (tertiary/aromatic N) is 2. The number of hydrogen-bond acceptors (Lipinski definition) is 4. The third-order valence-corrected chi connectivity index (χ3v) is 6.25. The van der Waals surface area contributed by atoms with E-state index in [0.717, 1.165) is 31.4 Å². The zero-order valence-corrected chi connectivity index (χ0v) is 15.9. The Hall–Kier alpha value is -2.67. The lowest BCUT2D eigenvalue weighted by Gasteiger charge is -2.29. The van der Waals surface area contributed by atoms with Crippen LogP contribution in [0.5, 0.6) is 0 Å². The van der Waals surface area contributed by atoms with Crippen molar-refractivity contribution in [3.05, 3.63) is 53.6 Å². The van der Waals surface area contributed by atoms with Crippen LogP contribution in [0, 0.1) is 6.92 Å². The fourth-order valence-corrected chi connectivity index (χ4v) is 4.75. The number of rotatable bonds is 2. The minimum absolute atomic E-state index is 0.102. The van der Waals surface area contributed by atoms with Gasteiger partial charge in [0.25, 0.3) is 15.9 Å². The van der Waals surface area contributed by atoms with Crippen LogP contribution in [0.1, 0.15) is 41.6 Å². The van der Waals surface area contributed by atoms with Crippen molar-refractivity contribution in [2.45, 2.75) is 37.5 Å². The van der Waals surface area contributed by atoms with Crippen LogP contribution < -0.4 is 10.2 Å². The van der Waals surface area contributed by atoms with Crippen molar-refractivity contribution < 1.29 is 13.2 Å². The number of amides is 1. The lowest BCUT2D eigenvalue weighted by Crippen LogP contribution is -2.35. The normalized spacial score (nSPS) is 18.0. The van der Waals surface area contributed by atoms with Crippen LogP contribution in [-0.2, 0) is 10.0 Å². The predicted octanol–water partition coefficient (Wildman–Crippen LogP) is 3.73. The molecule has 0 radical (unpaired) electrons. The molecule has 0 bridgehead atoms. The molecule has 2 aromatic carbocycles. The largest absolute Gasteiger partial charge is 0.328 e. The van der Waals surface area contributed by atoms with Crippen molar-refractivity contribution in [2.24, 2.45) is 4.40 Å². The van der Waals surface area contributed by atoms with Crippen molar-refractivity contribution >= 4 is 33.1 Å². The molecule has 6 nitrogen and oxygen atoms in total. The topological polar surface area (TPSA) is 78.8 Å². The number of carbonyl (C=O) groups excluding carboxylic acids is 1. The van der Waals surface area contributed by atoms with Gasteiger partial charge < -0.3 is 10.2 Å². The molecule has 2 aromatic rings. The second-order valence-electron chi connectivity index (χ2n) is 6.95. The van der Waals surface area contributed by atoms with Gasteiger partial charge in [-0.15, -0.1) is 4.40 Å². The smallest absolute Gasteiger partial charge is 0.286 e. The van der Waals surface area contributed by atoms with E-state index >= 15 is 0 Å². The van der Waals surface area contributed by atoms with Crippen molar-refractivity contribution in [3.63, 3.8) is 0 Å². The van der Waals surface area contributed by atoms with Crippen LogP contribution >= 0.6 is 0 Å². The third-order valence-electron chi connectivity index (χ3n) is 4.92. The summed E-state index contributed by atoms with van der Waals surface area (Å²) >= 11 is 0. The van der Waals surface area contributed by atoms with Gasteiger partial charge in [-0.25, -0.2) is 0 Å². The van der Waals surface area contributed by atoms with Gasteiger partial charge in [0.05, 0.1) is 5.69 Å². The summed E-state index contributed by atoms with van der Waals surface area (Å²) in [4.78, 5) is 14.7. The fourth-order valence-electron chi connectivity index (χ4n) is 3.46. The molecule has 0 atom stereocenters. The predicted molar refractivity (Wildman–Crippen MR) is 106 cm³/mol. The second-order valence-corrected chi connectivity index (χ2v) is 8.52. The van der Waals surface area contributed by atoms with Crippen LogP contribution in [0.4, 0.5) is 11.4 Å². The first-order chi connectivity index (χ1) is 12.9. The highest BCUT2D eigenvalue weighted by Gasteiger charge is 2.32. The molecule has 1 N–H and O–H groups in total. The van der Waals surface area contributed by atoms with Crippen LogP contribution in [0.2, 0.25) is 0 Å². The van der Waals surface area contributed by atoms with Gasteiger partial charge in [-0.05, 0) is 50.1 Å². The molecule has 140 valence electrons. The Morgan fingerprint density at radius 1 is 1.07 bits per heavy atom. The van der Waals surface area contributed by atoms with E-state index in [2.05, 4.69) is 9.71 Å². The Bertz CT molecular complexity index is 1030. The zero-order valence-electron chi connectivity index (χ0n) is 15.1. The summed E-state index contributed by atoms with van der Waals surface area (Å²) in [7, 11) is -3.80.